The number of aromatic nitrogens is 1. The van der Waals surface area contributed by atoms with Crippen molar-refractivity contribution in [3.8, 4) is 11.3 Å². The molecule has 26 heavy (non-hydrogen) atoms. The quantitative estimate of drug-likeness (QED) is 0.642. The summed E-state index contributed by atoms with van der Waals surface area (Å²) < 4.78 is 6.68. The summed E-state index contributed by atoms with van der Waals surface area (Å²) in [6, 6.07) is 14.1. The van der Waals surface area contributed by atoms with Gasteiger partial charge in [-0.05, 0) is 36.4 Å². The van der Waals surface area contributed by atoms with Crippen LogP contribution in [-0.2, 0) is 11.2 Å². The zero-order chi connectivity index (χ0) is 18.5. The first-order valence-electron chi connectivity index (χ1n) is 7.91. The summed E-state index contributed by atoms with van der Waals surface area (Å²) in [4.78, 5) is 27.3. The lowest BCUT2D eigenvalue weighted by molar-refractivity contribution is -0.116. The maximum absolute atomic E-state index is 12.0. The number of benzene rings is 2. The Balaban J connectivity index is 1.54. The van der Waals surface area contributed by atoms with Crippen LogP contribution in [0.25, 0.3) is 11.3 Å². The summed E-state index contributed by atoms with van der Waals surface area (Å²) in [7, 11) is 0. The van der Waals surface area contributed by atoms with Gasteiger partial charge in [0.2, 0.25) is 11.8 Å². The Bertz CT molecular complexity index is 918. The standard InChI is InChI=1S/C19H16BrN3O3/c20-14-5-1-12(2-6-14)16-11-22-18(26-16)10-9-17(24)23-15-7-3-13(4-8-15)19(21)25/h1-8,11H,9-10H2,(H2,21,25)(H,23,24). The van der Waals surface area contributed by atoms with Gasteiger partial charge < -0.3 is 15.5 Å². The van der Waals surface area contributed by atoms with Crippen molar-refractivity contribution in [2.75, 3.05) is 5.32 Å². The van der Waals surface area contributed by atoms with Gasteiger partial charge in [0.1, 0.15) is 0 Å². The number of carbonyl (C=O) groups is 2. The number of primary amides is 1. The van der Waals surface area contributed by atoms with Gasteiger partial charge in [0.25, 0.3) is 0 Å². The summed E-state index contributed by atoms with van der Waals surface area (Å²) in [6.45, 7) is 0. The number of halogens is 1. The van der Waals surface area contributed by atoms with E-state index < -0.39 is 5.91 Å². The van der Waals surface area contributed by atoms with Crippen molar-refractivity contribution in [3.05, 3.63) is 70.7 Å². The molecule has 0 radical (unpaired) electrons. The molecule has 2 aromatic carbocycles. The maximum Gasteiger partial charge on any atom is 0.248 e. The molecule has 0 saturated heterocycles. The molecule has 1 aromatic heterocycles. The van der Waals surface area contributed by atoms with Crippen LogP contribution in [0.15, 0.2) is 63.6 Å². The van der Waals surface area contributed by atoms with Gasteiger partial charge in [0.15, 0.2) is 11.7 Å². The Morgan fingerprint density at radius 2 is 1.77 bits per heavy atom. The number of nitrogens with zero attached hydrogens (tertiary/aromatic N) is 1. The molecule has 0 aliphatic rings. The monoisotopic (exact) mass is 413 g/mol. The van der Waals surface area contributed by atoms with Gasteiger partial charge in [-0.3, -0.25) is 9.59 Å². The smallest absolute Gasteiger partial charge is 0.248 e. The van der Waals surface area contributed by atoms with Crippen LogP contribution in [0.4, 0.5) is 5.69 Å². The van der Waals surface area contributed by atoms with Crippen LogP contribution in [0, 0.1) is 0 Å². The second kappa shape index (κ2) is 7.97. The van der Waals surface area contributed by atoms with Crippen LogP contribution in [0.2, 0.25) is 0 Å². The second-order valence-electron chi connectivity index (χ2n) is 5.61. The van der Waals surface area contributed by atoms with Gasteiger partial charge in [0.05, 0.1) is 6.20 Å². The van der Waals surface area contributed by atoms with E-state index in [9.17, 15) is 9.59 Å². The van der Waals surface area contributed by atoms with Crippen LogP contribution >= 0.6 is 15.9 Å². The van der Waals surface area contributed by atoms with E-state index in [1.807, 2.05) is 24.3 Å². The highest BCUT2D eigenvalue weighted by Crippen LogP contribution is 2.23. The predicted molar refractivity (Wildman–Crippen MR) is 102 cm³/mol. The second-order valence-corrected chi connectivity index (χ2v) is 6.53. The van der Waals surface area contributed by atoms with E-state index >= 15 is 0 Å². The molecule has 3 aromatic rings. The minimum Gasteiger partial charge on any atom is -0.441 e. The molecule has 0 aliphatic carbocycles. The molecule has 0 spiro atoms. The first kappa shape index (κ1) is 17.9. The van der Waals surface area contributed by atoms with Crippen molar-refractivity contribution in [2.24, 2.45) is 5.73 Å². The molecule has 7 heteroatoms. The zero-order valence-corrected chi connectivity index (χ0v) is 15.3. The van der Waals surface area contributed by atoms with E-state index in [4.69, 9.17) is 10.2 Å². The fraction of sp³-hybridized carbons (Fsp3) is 0.105. The number of nitrogens with two attached hydrogens (primary N) is 1. The third kappa shape index (κ3) is 4.58. The highest BCUT2D eigenvalue weighted by atomic mass is 79.9. The molecule has 0 fully saturated rings. The van der Waals surface area contributed by atoms with E-state index in [1.165, 1.54) is 0 Å². The van der Waals surface area contributed by atoms with Crippen LogP contribution in [0.1, 0.15) is 22.7 Å². The molecule has 6 nitrogen and oxygen atoms in total. The van der Waals surface area contributed by atoms with Gasteiger partial charge >= 0.3 is 0 Å². The van der Waals surface area contributed by atoms with Crippen LogP contribution < -0.4 is 11.1 Å². The molecule has 3 N–H and O–H groups in total. The number of nitrogens with one attached hydrogen (secondary N) is 1. The molecule has 0 aliphatic heterocycles. The number of anilines is 1. The van der Waals surface area contributed by atoms with Crippen LogP contribution in [0.5, 0.6) is 0 Å². The van der Waals surface area contributed by atoms with E-state index in [1.54, 1.807) is 30.5 Å². The fourth-order valence-corrected chi connectivity index (χ4v) is 2.60. The van der Waals surface area contributed by atoms with E-state index in [2.05, 4.69) is 26.2 Å². The number of aryl methyl sites for hydroxylation is 1. The number of rotatable bonds is 6. The summed E-state index contributed by atoms with van der Waals surface area (Å²) in [5.74, 6) is 0.491. The molecule has 0 atom stereocenters. The van der Waals surface area contributed by atoms with Gasteiger partial charge in [-0.25, -0.2) is 4.98 Å². The summed E-state index contributed by atoms with van der Waals surface area (Å²) in [5, 5.41) is 2.76. The third-order valence-electron chi connectivity index (χ3n) is 3.70. The summed E-state index contributed by atoms with van der Waals surface area (Å²) in [5.41, 5.74) is 7.10. The Morgan fingerprint density at radius 1 is 1.08 bits per heavy atom. The number of amides is 2. The highest BCUT2D eigenvalue weighted by molar-refractivity contribution is 9.10. The highest BCUT2D eigenvalue weighted by Gasteiger charge is 2.10. The van der Waals surface area contributed by atoms with Crippen molar-refractivity contribution in [1.29, 1.82) is 0 Å². The largest absolute Gasteiger partial charge is 0.441 e. The minimum absolute atomic E-state index is 0.166. The number of hydrogen-bond acceptors (Lipinski definition) is 4. The molecule has 0 unspecified atom stereocenters. The average Bonchev–Trinajstić information content (AvgIpc) is 3.10. The van der Waals surface area contributed by atoms with Crippen molar-refractivity contribution in [3.63, 3.8) is 0 Å². The third-order valence-corrected chi connectivity index (χ3v) is 4.23. The lowest BCUT2D eigenvalue weighted by Crippen LogP contribution is -2.13. The number of oxazole rings is 1. The lowest BCUT2D eigenvalue weighted by Gasteiger charge is -2.04. The molecule has 0 bridgehead atoms. The van der Waals surface area contributed by atoms with Crippen LogP contribution in [-0.4, -0.2) is 16.8 Å². The predicted octanol–water partition coefficient (Wildman–Crippen LogP) is 3.77. The Labute approximate surface area is 158 Å². The Kier molecular flexibility index (Phi) is 5.48. The fourth-order valence-electron chi connectivity index (χ4n) is 2.34. The molecular weight excluding hydrogens is 398 g/mol. The Morgan fingerprint density at radius 3 is 2.42 bits per heavy atom. The first-order chi connectivity index (χ1) is 12.5. The van der Waals surface area contributed by atoms with E-state index in [0.717, 1.165) is 10.0 Å². The van der Waals surface area contributed by atoms with Crippen molar-refractivity contribution in [2.45, 2.75) is 12.8 Å². The normalized spacial score (nSPS) is 10.5. The summed E-state index contributed by atoms with van der Waals surface area (Å²) in [6.07, 6.45) is 2.28. The summed E-state index contributed by atoms with van der Waals surface area (Å²) >= 11 is 3.39. The van der Waals surface area contributed by atoms with Crippen molar-refractivity contribution >= 4 is 33.4 Å². The van der Waals surface area contributed by atoms with Crippen molar-refractivity contribution < 1.29 is 14.0 Å². The number of hydrogen-bond donors (Lipinski definition) is 2. The van der Waals surface area contributed by atoms with Crippen molar-refractivity contribution in [1.82, 2.24) is 4.98 Å². The molecule has 1 heterocycles. The molecule has 132 valence electrons. The van der Waals surface area contributed by atoms with Gasteiger partial charge in [0, 0.05) is 34.1 Å². The van der Waals surface area contributed by atoms with Gasteiger partial charge in [-0.2, -0.15) is 0 Å². The number of carbonyl (C=O) groups excluding carboxylic acids is 2. The van der Waals surface area contributed by atoms with E-state index in [0.29, 0.717) is 29.3 Å². The topological polar surface area (TPSA) is 98.2 Å². The zero-order valence-electron chi connectivity index (χ0n) is 13.7. The van der Waals surface area contributed by atoms with Gasteiger partial charge in [-0.15, -0.1) is 0 Å². The Hall–Kier alpha value is -2.93. The average molecular weight is 414 g/mol. The lowest BCUT2D eigenvalue weighted by atomic mass is 10.2. The molecule has 2 amide bonds. The molecule has 0 saturated carbocycles. The van der Waals surface area contributed by atoms with Gasteiger partial charge in [-0.1, -0.05) is 28.1 Å². The SMILES string of the molecule is NC(=O)c1ccc(NC(=O)CCc2ncc(-c3ccc(Br)cc3)o2)cc1. The van der Waals surface area contributed by atoms with Crippen LogP contribution in [0.3, 0.4) is 0 Å². The minimum atomic E-state index is -0.506. The molecule has 3 rings (SSSR count). The molecular formula is C19H16BrN3O3. The first-order valence-corrected chi connectivity index (χ1v) is 8.71. The van der Waals surface area contributed by atoms with E-state index in [-0.39, 0.29) is 12.3 Å². The maximum atomic E-state index is 12.0.